The number of nitrogens with one attached hydrogen (secondary N) is 1. The molecular weight excluding hydrogens is 356 g/mol. The van der Waals surface area contributed by atoms with Crippen molar-refractivity contribution in [3.8, 4) is 5.75 Å². The van der Waals surface area contributed by atoms with Gasteiger partial charge in [0.15, 0.2) is 6.10 Å². The molecular formula is C17H20N4O6. The van der Waals surface area contributed by atoms with Crippen molar-refractivity contribution in [2.24, 2.45) is 0 Å². The van der Waals surface area contributed by atoms with Crippen LogP contribution in [0.3, 0.4) is 0 Å². The molecule has 0 aliphatic rings. The van der Waals surface area contributed by atoms with Crippen molar-refractivity contribution in [1.29, 1.82) is 0 Å². The topological polar surface area (TPSA) is 126 Å². The molecule has 0 saturated carbocycles. The molecule has 10 heteroatoms. The number of hydrogen-bond acceptors (Lipinski definition) is 7. The molecule has 2 aromatic rings. The summed E-state index contributed by atoms with van der Waals surface area (Å²) in [7, 11) is 1.32. The molecule has 0 radical (unpaired) electrons. The second-order valence-corrected chi connectivity index (χ2v) is 5.93. The van der Waals surface area contributed by atoms with E-state index in [0.29, 0.717) is 5.82 Å². The second-order valence-electron chi connectivity index (χ2n) is 5.93. The number of aromatic nitrogens is 2. The number of amides is 1. The average Bonchev–Trinajstić information content (AvgIpc) is 3.09. The minimum atomic E-state index is -1.14. The van der Waals surface area contributed by atoms with Crippen LogP contribution >= 0.6 is 0 Å². The van der Waals surface area contributed by atoms with E-state index in [1.165, 1.54) is 26.2 Å². The van der Waals surface area contributed by atoms with Gasteiger partial charge in [0.1, 0.15) is 17.1 Å². The quantitative estimate of drug-likeness (QED) is 0.447. The lowest BCUT2D eigenvalue weighted by atomic mass is 10.1. The number of benzene rings is 1. The Morgan fingerprint density at radius 3 is 2.56 bits per heavy atom. The maximum Gasteiger partial charge on any atom is 0.342 e. The number of anilines is 1. The molecule has 10 nitrogen and oxygen atoms in total. The first-order valence-electron chi connectivity index (χ1n) is 8.12. The third kappa shape index (κ3) is 4.60. The third-order valence-electron chi connectivity index (χ3n) is 3.68. The standard InChI is InChI=1S/C17H20N4O6/c1-10(2)20-15(7-8-18-20)19-16(22)11(3)27-17(23)13-9-12(21(24)25)5-6-14(13)26-4/h5-11H,1-4H3,(H,19,22)/t11-/m0/s1. The first-order chi connectivity index (χ1) is 12.7. The number of esters is 1. The van der Waals surface area contributed by atoms with Crippen LogP contribution in [0.2, 0.25) is 0 Å². The molecule has 144 valence electrons. The van der Waals surface area contributed by atoms with Crippen molar-refractivity contribution in [3.63, 3.8) is 0 Å². The van der Waals surface area contributed by atoms with Crippen molar-refractivity contribution >= 4 is 23.4 Å². The Balaban J connectivity index is 2.13. The van der Waals surface area contributed by atoms with Gasteiger partial charge in [0.2, 0.25) is 0 Å². The zero-order valence-corrected chi connectivity index (χ0v) is 15.3. The van der Waals surface area contributed by atoms with E-state index in [-0.39, 0.29) is 23.0 Å². The molecule has 1 heterocycles. The molecule has 1 amide bonds. The summed E-state index contributed by atoms with van der Waals surface area (Å²) < 4.78 is 11.8. The lowest BCUT2D eigenvalue weighted by Crippen LogP contribution is -2.31. The molecule has 0 aliphatic carbocycles. The first-order valence-corrected chi connectivity index (χ1v) is 8.12. The Bertz CT molecular complexity index is 861. The number of carbonyl (C=O) groups is 2. The van der Waals surface area contributed by atoms with Gasteiger partial charge in [0, 0.05) is 24.2 Å². The highest BCUT2D eigenvalue weighted by Crippen LogP contribution is 2.25. The predicted octanol–water partition coefficient (Wildman–Crippen LogP) is 2.56. The normalized spacial score (nSPS) is 11.7. The monoisotopic (exact) mass is 376 g/mol. The van der Waals surface area contributed by atoms with Crippen LogP contribution < -0.4 is 10.1 Å². The van der Waals surface area contributed by atoms with Crippen molar-refractivity contribution < 1.29 is 24.0 Å². The number of nitro groups is 1. The maximum atomic E-state index is 12.4. The summed E-state index contributed by atoms with van der Waals surface area (Å²) in [5.74, 6) is -0.896. The summed E-state index contributed by atoms with van der Waals surface area (Å²) >= 11 is 0. The van der Waals surface area contributed by atoms with E-state index in [1.807, 2.05) is 13.8 Å². The highest BCUT2D eigenvalue weighted by atomic mass is 16.6. The van der Waals surface area contributed by atoms with Crippen molar-refractivity contribution in [2.75, 3.05) is 12.4 Å². The fourth-order valence-corrected chi connectivity index (χ4v) is 2.30. The molecule has 0 unspecified atom stereocenters. The molecule has 0 spiro atoms. The van der Waals surface area contributed by atoms with Gasteiger partial charge in [0.05, 0.1) is 18.2 Å². The van der Waals surface area contributed by atoms with Gasteiger partial charge >= 0.3 is 5.97 Å². The van der Waals surface area contributed by atoms with Gasteiger partial charge in [-0.2, -0.15) is 5.10 Å². The SMILES string of the molecule is COc1ccc([N+](=O)[O-])cc1C(=O)O[C@@H](C)C(=O)Nc1ccnn1C(C)C. The van der Waals surface area contributed by atoms with E-state index >= 15 is 0 Å². The van der Waals surface area contributed by atoms with Crippen LogP contribution in [0.15, 0.2) is 30.5 Å². The largest absolute Gasteiger partial charge is 0.496 e. The van der Waals surface area contributed by atoms with Crippen LogP contribution in [0, 0.1) is 10.1 Å². The number of hydrogen-bond donors (Lipinski definition) is 1. The van der Waals surface area contributed by atoms with Gasteiger partial charge in [-0.15, -0.1) is 0 Å². The molecule has 0 saturated heterocycles. The second kappa shape index (κ2) is 8.30. The van der Waals surface area contributed by atoms with Crippen molar-refractivity contribution in [3.05, 3.63) is 46.1 Å². The summed E-state index contributed by atoms with van der Waals surface area (Å²) in [5, 5.41) is 17.6. The van der Waals surface area contributed by atoms with E-state index in [2.05, 4.69) is 10.4 Å². The number of nitrogens with zero attached hydrogens (tertiary/aromatic N) is 3. The van der Waals surface area contributed by atoms with E-state index in [9.17, 15) is 19.7 Å². The van der Waals surface area contributed by atoms with Gasteiger partial charge in [-0.05, 0) is 26.8 Å². The lowest BCUT2D eigenvalue weighted by molar-refractivity contribution is -0.384. The number of nitro benzene ring substituents is 1. The number of ether oxygens (including phenoxy) is 2. The van der Waals surface area contributed by atoms with Gasteiger partial charge in [-0.1, -0.05) is 0 Å². The van der Waals surface area contributed by atoms with Crippen molar-refractivity contribution in [1.82, 2.24) is 9.78 Å². The van der Waals surface area contributed by atoms with Crippen LogP contribution in [-0.4, -0.2) is 39.8 Å². The van der Waals surface area contributed by atoms with Gasteiger partial charge < -0.3 is 14.8 Å². The Morgan fingerprint density at radius 2 is 1.96 bits per heavy atom. The fraction of sp³-hybridized carbons (Fsp3) is 0.353. The minimum absolute atomic E-state index is 0.0299. The van der Waals surface area contributed by atoms with Crippen LogP contribution in [0.1, 0.15) is 37.2 Å². The number of rotatable bonds is 7. The molecule has 1 aromatic heterocycles. The van der Waals surface area contributed by atoms with Crippen LogP contribution in [-0.2, 0) is 9.53 Å². The highest BCUT2D eigenvalue weighted by Gasteiger charge is 2.24. The summed E-state index contributed by atoms with van der Waals surface area (Å²) in [6, 6.07) is 5.19. The van der Waals surface area contributed by atoms with E-state index in [0.717, 1.165) is 6.07 Å². The number of non-ortho nitro benzene ring substituents is 1. The lowest BCUT2D eigenvalue weighted by Gasteiger charge is -2.16. The van der Waals surface area contributed by atoms with Crippen LogP contribution in [0.5, 0.6) is 5.75 Å². The minimum Gasteiger partial charge on any atom is -0.496 e. The summed E-state index contributed by atoms with van der Waals surface area (Å²) in [6.45, 7) is 5.20. The summed E-state index contributed by atoms with van der Waals surface area (Å²) in [4.78, 5) is 35.0. The van der Waals surface area contributed by atoms with E-state index < -0.39 is 22.9 Å². The molecule has 0 bridgehead atoms. The summed E-state index contributed by atoms with van der Waals surface area (Å²) in [5.41, 5.74) is -0.431. The average molecular weight is 376 g/mol. The number of carbonyl (C=O) groups excluding carboxylic acids is 2. The number of methoxy groups -OCH3 is 1. The Labute approximate surface area is 155 Å². The molecule has 0 fully saturated rings. The summed E-state index contributed by atoms with van der Waals surface area (Å²) in [6.07, 6.45) is 0.400. The predicted molar refractivity (Wildman–Crippen MR) is 95.8 cm³/mol. The maximum absolute atomic E-state index is 12.4. The van der Waals surface area contributed by atoms with E-state index in [4.69, 9.17) is 9.47 Å². The van der Waals surface area contributed by atoms with Crippen LogP contribution in [0.25, 0.3) is 0 Å². The molecule has 1 atom stereocenters. The fourth-order valence-electron chi connectivity index (χ4n) is 2.30. The third-order valence-corrected chi connectivity index (χ3v) is 3.68. The Kier molecular flexibility index (Phi) is 6.11. The molecule has 27 heavy (non-hydrogen) atoms. The van der Waals surface area contributed by atoms with Crippen molar-refractivity contribution in [2.45, 2.75) is 32.9 Å². The Morgan fingerprint density at radius 1 is 1.26 bits per heavy atom. The molecule has 2 rings (SSSR count). The Hall–Kier alpha value is -3.43. The highest BCUT2D eigenvalue weighted by molar-refractivity contribution is 5.98. The molecule has 1 aromatic carbocycles. The zero-order chi connectivity index (χ0) is 20.1. The van der Waals surface area contributed by atoms with Crippen LogP contribution in [0.4, 0.5) is 11.5 Å². The first kappa shape index (κ1) is 19.9. The molecule has 1 N–H and O–H groups in total. The zero-order valence-electron chi connectivity index (χ0n) is 15.3. The van der Waals surface area contributed by atoms with Gasteiger partial charge in [-0.3, -0.25) is 14.9 Å². The van der Waals surface area contributed by atoms with E-state index in [1.54, 1.807) is 16.9 Å². The van der Waals surface area contributed by atoms with Gasteiger partial charge in [-0.25, -0.2) is 9.48 Å². The van der Waals surface area contributed by atoms with Gasteiger partial charge in [0.25, 0.3) is 11.6 Å². The smallest absolute Gasteiger partial charge is 0.342 e. The molecule has 0 aliphatic heterocycles.